The predicted molar refractivity (Wildman–Crippen MR) is 64.1 cm³/mol. The number of methoxy groups -OCH3 is 1. The minimum atomic E-state index is 0.481. The Morgan fingerprint density at radius 1 is 1.29 bits per heavy atom. The van der Waals surface area contributed by atoms with Crippen molar-refractivity contribution in [3.63, 3.8) is 0 Å². The van der Waals surface area contributed by atoms with Crippen molar-refractivity contribution in [2.75, 3.05) is 20.2 Å². The molecule has 0 unspecified atom stereocenters. The van der Waals surface area contributed by atoms with Gasteiger partial charge in [-0.1, -0.05) is 0 Å². The molecule has 4 heteroatoms. The molecule has 0 bridgehead atoms. The average Bonchev–Trinajstić information content (AvgIpc) is 2.76. The lowest BCUT2D eigenvalue weighted by atomic mass is 10.0. The first-order valence-electron chi connectivity index (χ1n) is 5.67. The number of ether oxygens (including phenoxy) is 1. The molecule has 1 aromatic carbocycles. The number of aromatic nitrogens is 1. The lowest BCUT2D eigenvalue weighted by molar-refractivity contribution is 0.373. The van der Waals surface area contributed by atoms with Gasteiger partial charge < -0.3 is 14.5 Å². The summed E-state index contributed by atoms with van der Waals surface area (Å²) in [5.41, 5.74) is 0.976. The molecule has 88 valence electrons. The smallest absolute Gasteiger partial charge is 0.226 e. The van der Waals surface area contributed by atoms with Crippen LogP contribution in [0.25, 0.3) is 11.5 Å². The van der Waals surface area contributed by atoms with E-state index < -0.39 is 0 Å². The van der Waals surface area contributed by atoms with E-state index in [-0.39, 0.29) is 0 Å². The number of hydrogen-bond acceptors (Lipinski definition) is 4. The van der Waals surface area contributed by atoms with Crippen molar-refractivity contribution in [1.29, 1.82) is 0 Å². The van der Waals surface area contributed by atoms with Crippen molar-refractivity contribution in [3.05, 3.63) is 36.2 Å². The molecule has 2 aromatic rings. The summed E-state index contributed by atoms with van der Waals surface area (Å²) in [5, 5.41) is 3.22. The van der Waals surface area contributed by atoms with E-state index >= 15 is 0 Å². The summed E-state index contributed by atoms with van der Waals surface area (Å²) >= 11 is 0. The van der Waals surface area contributed by atoms with Crippen LogP contribution in [-0.2, 0) is 0 Å². The molecule has 0 aliphatic carbocycles. The van der Waals surface area contributed by atoms with E-state index in [4.69, 9.17) is 9.15 Å². The van der Waals surface area contributed by atoms with Crippen molar-refractivity contribution in [1.82, 2.24) is 10.3 Å². The summed E-state index contributed by atoms with van der Waals surface area (Å²) in [6.45, 7) is 1.97. The Kier molecular flexibility index (Phi) is 2.57. The molecular weight excluding hydrogens is 216 g/mol. The van der Waals surface area contributed by atoms with E-state index in [2.05, 4.69) is 10.3 Å². The second-order valence-electron chi connectivity index (χ2n) is 4.15. The molecule has 1 saturated heterocycles. The van der Waals surface area contributed by atoms with Gasteiger partial charge in [0, 0.05) is 24.6 Å². The summed E-state index contributed by atoms with van der Waals surface area (Å²) in [5.74, 6) is 2.96. The molecule has 17 heavy (non-hydrogen) atoms. The largest absolute Gasteiger partial charge is 0.497 e. The zero-order valence-corrected chi connectivity index (χ0v) is 9.64. The number of rotatable bonds is 3. The van der Waals surface area contributed by atoms with Gasteiger partial charge in [-0.3, -0.25) is 0 Å². The van der Waals surface area contributed by atoms with Crippen LogP contribution in [0.3, 0.4) is 0 Å². The van der Waals surface area contributed by atoms with E-state index in [0.717, 1.165) is 30.2 Å². The van der Waals surface area contributed by atoms with Gasteiger partial charge >= 0.3 is 0 Å². The van der Waals surface area contributed by atoms with E-state index in [9.17, 15) is 0 Å². The van der Waals surface area contributed by atoms with E-state index in [1.807, 2.05) is 30.5 Å². The van der Waals surface area contributed by atoms with Crippen LogP contribution in [0.2, 0.25) is 0 Å². The van der Waals surface area contributed by atoms with Crippen molar-refractivity contribution in [2.45, 2.75) is 5.92 Å². The van der Waals surface area contributed by atoms with Gasteiger partial charge in [0.05, 0.1) is 13.3 Å². The fraction of sp³-hybridized carbons (Fsp3) is 0.308. The van der Waals surface area contributed by atoms with Gasteiger partial charge in [0.15, 0.2) is 0 Å². The number of oxazole rings is 1. The summed E-state index contributed by atoms with van der Waals surface area (Å²) in [6.07, 6.45) is 1.82. The van der Waals surface area contributed by atoms with Gasteiger partial charge in [-0.25, -0.2) is 4.98 Å². The number of nitrogens with one attached hydrogen (secondary N) is 1. The zero-order valence-electron chi connectivity index (χ0n) is 9.64. The molecule has 1 aromatic heterocycles. The third-order valence-corrected chi connectivity index (χ3v) is 3.04. The monoisotopic (exact) mass is 230 g/mol. The number of hydrogen-bond donors (Lipinski definition) is 1. The van der Waals surface area contributed by atoms with Crippen LogP contribution in [0.15, 0.2) is 34.9 Å². The fourth-order valence-electron chi connectivity index (χ4n) is 1.83. The highest BCUT2D eigenvalue weighted by atomic mass is 16.5. The maximum Gasteiger partial charge on any atom is 0.226 e. The Morgan fingerprint density at radius 3 is 2.65 bits per heavy atom. The summed E-state index contributed by atoms with van der Waals surface area (Å²) in [4.78, 5) is 4.31. The van der Waals surface area contributed by atoms with Gasteiger partial charge in [0.1, 0.15) is 11.5 Å². The highest BCUT2D eigenvalue weighted by Gasteiger charge is 2.23. The van der Waals surface area contributed by atoms with Crippen LogP contribution in [0.1, 0.15) is 11.7 Å². The van der Waals surface area contributed by atoms with Gasteiger partial charge in [-0.15, -0.1) is 0 Å². The SMILES string of the molecule is COc1ccc(-c2ncc(C3CNC3)o2)cc1. The lowest BCUT2D eigenvalue weighted by Crippen LogP contribution is -2.39. The molecule has 0 amide bonds. The van der Waals surface area contributed by atoms with Crippen molar-refractivity contribution in [2.24, 2.45) is 0 Å². The topological polar surface area (TPSA) is 47.3 Å². The Balaban J connectivity index is 1.84. The molecule has 2 heterocycles. The summed E-state index contributed by atoms with van der Waals surface area (Å²) < 4.78 is 10.9. The molecule has 1 aliphatic rings. The van der Waals surface area contributed by atoms with Crippen LogP contribution < -0.4 is 10.1 Å². The van der Waals surface area contributed by atoms with Crippen molar-refractivity contribution in [3.8, 4) is 17.2 Å². The third kappa shape index (κ3) is 1.91. The molecule has 3 rings (SSSR count). The predicted octanol–water partition coefficient (Wildman–Crippen LogP) is 2.04. The van der Waals surface area contributed by atoms with Gasteiger partial charge in [0.25, 0.3) is 0 Å². The fourth-order valence-corrected chi connectivity index (χ4v) is 1.83. The molecule has 1 N–H and O–H groups in total. The second-order valence-corrected chi connectivity index (χ2v) is 4.15. The molecule has 0 spiro atoms. The van der Waals surface area contributed by atoms with E-state index in [1.54, 1.807) is 7.11 Å². The first-order valence-corrected chi connectivity index (χ1v) is 5.67. The molecule has 0 atom stereocenters. The summed E-state index contributed by atoms with van der Waals surface area (Å²) in [7, 11) is 1.65. The minimum absolute atomic E-state index is 0.481. The van der Waals surface area contributed by atoms with E-state index in [1.165, 1.54) is 0 Å². The number of benzene rings is 1. The van der Waals surface area contributed by atoms with Crippen LogP contribution in [0.5, 0.6) is 5.75 Å². The minimum Gasteiger partial charge on any atom is -0.497 e. The molecule has 0 radical (unpaired) electrons. The van der Waals surface area contributed by atoms with Gasteiger partial charge in [0.2, 0.25) is 5.89 Å². The lowest BCUT2D eigenvalue weighted by Gasteiger charge is -2.24. The van der Waals surface area contributed by atoms with Crippen molar-refractivity contribution >= 4 is 0 Å². The Morgan fingerprint density at radius 2 is 2.06 bits per heavy atom. The molecule has 4 nitrogen and oxygen atoms in total. The maximum atomic E-state index is 5.76. The molecular formula is C13H14N2O2. The Labute approximate surface area is 99.6 Å². The van der Waals surface area contributed by atoms with Gasteiger partial charge in [-0.2, -0.15) is 0 Å². The first kappa shape index (κ1) is 10.4. The summed E-state index contributed by atoms with van der Waals surface area (Å²) in [6, 6.07) is 7.72. The number of nitrogens with zero attached hydrogens (tertiary/aromatic N) is 1. The standard InChI is InChI=1S/C13H14N2O2/c1-16-11-4-2-9(3-5-11)13-15-8-12(17-13)10-6-14-7-10/h2-5,8,10,14H,6-7H2,1H3. The Bertz CT molecular complexity index is 500. The van der Waals surface area contributed by atoms with Gasteiger partial charge in [-0.05, 0) is 24.3 Å². The van der Waals surface area contributed by atoms with Crippen LogP contribution in [-0.4, -0.2) is 25.2 Å². The molecule has 1 fully saturated rings. The molecule has 1 aliphatic heterocycles. The average molecular weight is 230 g/mol. The van der Waals surface area contributed by atoms with E-state index in [0.29, 0.717) is 11.8 Å². The quantitative estimate of drug-likeness (QED) is 0.876. The Hall–Kier alpha value is -1.81. The second kappa shape index (κ2) is 4.22. The first-order chi connectivity index (χ1) is 8.36. The third-order valence-electron chi connectivity index (χ3n) is 3.04. The van der Waals surface area contributed by atoms with Crippen LogP contribution in [0.4, 0.5) is 0 Å². The van der Waals surface area contributed by atoms with Crippen molar-refractivity contribution < 1.29 is 9.15 Å². The zero-order chi connectivity index (χ0) is 11.7. The highest BCUT2D eigenvalue weighted by molar-refractivity contribution is 5.54. The van der Waals surface area contributed by atoms with Crippen LogP contribution in [0, 0.1) is 0 Å². The van der Waals surface area contributed by atoms with Crippen LogP contribution >= 0.6 is 0 Å². The maximum absolute atomic E-state index is 5.76. The molecule has 0 saturated carbocycles. The normalized spacial score (nSPS) is 15.6. The highest BCUT2D eigenvalue weighted by Crippen LogP contribution is 2.26.